The largest absolute Gasteiger partial charge is 0.504 e. The van der Waals surface area contributed by atoms with Crippen LogP contribution in [0.4, 0.5) is 5.69 Å². The van der Waals surface area contributed by atoms with Crippen molar-refractivity contribution in [3.63, 3.8) is 0 Å². The molecule has 0 saturated carbocycles. The van der Waals surface area contributed by atoms with Gasteiger partial charge in [-0.3, -0.25) is 9.59 Å². The van der Waals surface area contributed by atoms with E-state index in [1.54, 1.807) is 30.3 Å². The Morgan fingerprint density at radius 3 is 2.41 bits per heavy atom. The predicted molar refractivity (Wildman–Crippen MR) is 97.7 cm³/mol. The van der Waals surface area contributed by atoms with E-state index in [0.29, 0.717) is 17.0 Å². The number of aromatic hydroxyl groups is 1. The number of hydrazone groups is 1. The number of phenolic OH excluding ortho intramolecular Hbond substituents is 1. The number of hydrogen-bond acceptors (Lipinski definition) is 7. The van der Waals surface area contributed by atoms with Crippen molar-refractivity contribution in [2.24, 2.45) is 5.10 Å². The van der Waals surface area contributed by atoms with Crippen LogP contribution in [0.1, 0.15) is 5.56 Å². The van der Waals surface area contributed by atoms with E-state index in [4.69, 9.17) is 14.2 Å². The Labute approximate surface area is 154 Å². The first kappa shape index (κ1) is 18.0. The molecule has 0 fully saturated rings. The number of benzene rings is 2. The molecule has 1 aliphatic rings. The molecule has 2 aromatic rings. The van der Waals surface area contributed by atoms with Crippen molar-refractivity contribution >= 4 is 30.0 Å². The van der Waals surface area contributed by atoms with Crippen molar-refractivity contribution in [1.82, 2.24) is 0 Å². The van der Waals surface area contributed by atoms with Crippen molar-refractivity contribution in [3.8, 4) is 17.2 Å². The second kappa shape index (κ2) is 7.61. The first-order valence-corrected chi connectivity index (χ1v) is 7.84. The Morgan fingerprint density at radius 1 is 1.07 bits per heavy atom. The lowest BCUT2D eigenvalue weighted by Crippen LogP contribution is -2.21. The number of amides is 1. The normalized spacial score (nSPS) is 14.9. The number of hydrogen-bond donors (Lipinski definition) is 1. The second-order valence-corrected chi connectivity index (χ2v) is 5.40. The van der Waals surface area contributed by atoms with Crippen LogP contribution in [0.15, 0.2) is 53.1 Å². The van der Waals surface area contributed by atoms with E-state index in [0.717, 1.165) is 5.01 Å². The summed E-state index contributed by atoms with van der Waals surface area (Å²) in [7, 11) is 2.83. The third-order valence-corrected chi connectivity index (χ3v) is 3.84. The van der Waals surface area contributed by atoms with E-state index >= 15 is 0 Å². The van der Waals surface area contributed by atoms with Crippen LogP contribution in [0.2, 0.25) is 0 Å². The number of anilines is 1. The molecule has 8 nitrogen and oxygen atoms in total. The van der Waals surface area contributed by atoms with Crippen LogP contribution in [0.3, 0.4) is 0 Å². The van der Waals surface area contributed by atoms with Gasteiger partial charge in [-0.2, -0.15) is 5.01 Å². The molecule has 0 radical (unpaired) electrons. The summed E-state index contributed by atoms with van der Waals surface area (Å²) in [5.74, 6) is -0.238. The van der Waals surface area contributed by atoms with Crippen molar-refractivity contribution in [3.05, 3.63) is 53.6 Å². The maximum atomic E-state index is 12.8. The molecule has 0 bridgehead atoms. The zero-order valence-electron chi connectivity index (χ0n) is 14.6. The van der Waals surface area contributed by atoms with Crippen molar-refractivity contribution < 1.29 is 28.9 Å². The Kier molecular flexibility index (Phi) is 5.07. The molecule has 8 heteroatoms. The fourth-order valence-corrected chi connectivity index (χ4v) is 2.57. The number of ether oxygens (including phenoxy) is 3. The van der Waals surface area contributed by atoms with Gasteiger partial charge in [0.1, 0.15) is 11.3 Å². The molecule has 0 saturated heterocycles. The number of carbonyl (C=O) groups excluding carboxylic acids is 2. The van der Waals surface area contributed by atoms with Gasteiger partial charge in [-0.1, -0.05) is 18.2 Å². The van der Waals surface area contributed by atoms with Crippen LogP contribution in [0.5, 0.6) is 17.2 Å². The Balaban J connectivity index is 2.08. The third-order valence-electron chi connectivity index (χ3n) is 3.84. The number of phenols is 1. The number of carbonyl (C=O) groups is 2. The van der Waals surface area contributed by atoms with Gasteiger partial charge in [0, 0.05) is 11.6 Å². The van der Waals surface area contributed by atoms with E-state index in [1.165, 1.54) is 32.4 Å². The summed E-state index contributed by atoms with van der Waals surface area (Å²) in [5, 5.41) is 15.1. The van der Waals surface area contributed by atoms with Gasteiger partial charge in [0.15, 0.2) is 11.5 Å². The fraction of sp³-hybridized carbons (Fsp3) is 0.105. The first-order valence-electron chi connectivity index (χ1n) is 7.84. The number of nitrogens with zero attached hydrogens (tertiary/aromatic N) is 2. The highest BCUT2D eigenvalue weighted by Crippen LogP contribution is 2.36. The first-order chi connectivity index (χ1) is 13.1. The predicted octanol–water partition coefficient (Wildman–Crippen LogP) is 2.33. The number of para-hydroxylation sites is 1. The molecular formula is C19H16N2O6. The molecule has 1 amide bonds. The lowest BCUT2D eigenvalue weighted by molar-refractivity contribution is -0.121. The number of rotatable bonds is 5. The maximum Gasteiger partial charge on any atom is 0.299 e. The van der Waals surface area contributed by atoms with Crippen molar-refractivity contribution in [2.45, 2.75) is 0 Å². The van der Waals surface area contributed by atoms with Crippen molar-refractivity contribution in [1.29, 1.82) is 0 Å². The summed E-state index contributed by atoms with van der Waals surface area (Å²) in [6.07, 6.45) is 1.45. The summed E-state index contributed by atoms with van der Waals surface area (Å²) in [4.78, 5) is 23.7. The van der Waals surface area contributed by atoms with Gasteiger partial charge in [0.25, 0.3) is 18.3 Å². The zero-order valence-corrected chi connectivity index (χ0v) is 14.6. The second-order valence-electron chi connectivity index (χ2n) is 5.40. The topological polar surface area (TPSA) is 97.7 Å². The van der Waals surface area contributed by atoms with Gasteiger partial charge >= 0.3 is 0 Å². The molecule has 1 aliphatic heterocycles. The molecule has 0 aliphatic carbocycles. The molecule has 2 aromatic carbocycles. The summed E-state index contributed by atoms with van der Waals surface area (Å²) >= 11 is 0. The standard InChI is InChI=1S/C19H16N2O6/c1-25-16-10-15(23)17(26-2)9-12(16)8-14-18(27-11-22)20-21(19(14)24)13-6-4-3-5-7-13/h3-11,23H,1-2H3/b14-8-. The van der Waals surface area contributed by atoms with Crippen molar-refractivity contribution in [2.75, 3.05) is 19.2 Å². The maximum absolute atomic E-state index is 12.8. The van der Waals surface area contributed by atoms with Gasteiger partial charge < -0.3 is 19.3 Å². The summed E-state index contributed by atoms with van der Waals surface area (Å²) in [6, 6.07) is 11.6. The highest BCUT2D eigenvalue weighted by atomic mass is 16.5. The highest BCUT2D eigenvalue weighted by Gasteiger charge is 2.33. The minimum Gasteiger partial charge on any atom is -0.504 e. The summed E-state index contributed by atoms with van der Waals surface area (Å²) in [6.45, 7) is 0.198. The fourth-order valence-electron chi connectivity index (χ4n) is 2.57. The van der Waals surface area contributed by atoms with Crippen LogP contribution >= 0.6 is 0 Å². The molecule has 0 unspecified atom stereocenters. The highest BCUT2D eigenvalue weighted by molar-refractivity contribution is 6.31. The molecule has 27 heavy (non-hydrogen) atoms. The van der Waals surface area contributed by atoms with E-state index < -0.39 is 5.91 Å². The lowest BCUT2D eigenvalue weighted by atomic mass is 10.1. The smallest absolute Gasteiger partial charge is 0.299 e. The van der Waals surface area contributed by atoms with Crippen LogP contribution in [-0.2, 0) is 14.3 Å². The average molecular weight is 368 g/mol. The average Bonchev–Trinajstić information content (AvgIpc) is 2.99. The summed E-state index contributed by atoms with van der Waals surface area (Å²) < 4.78 is 15.2. The SMILES string of the molecule is COc1cc(/C=C2\C(=O)N(c3ccccc3)N=C2OC=O)c(OC)cc1O. The molecule has 0 spiro atoms. The molecular weight excluding hydrogens is 352 g/mol. The Morgan fingerprint density at radius 2 is 1.78 bits per heavy atom. The number of methoxy groups -OCH3 is 2. The Hall–Kier alpha value is -3.81. The van der Waals surface area contributed by atoms with Crippen LogP contribution in [0, 0.1) is 0 Å². The molecule has 1 N–H and O–H groups in total. The van der Waals surface area contributed by atoms with Crippen LogP contribution in [0.25, 0.3) is 6.08 Å². The van der Waals surface area contributed by atoms with Gasteiger partial charge in [0.2, 0.25) is 0 Å². The molecule has 138 valence electrons. The summed E-state index contributed by atoms with van der Waals surface area (Å²) in [5.41, 5.74) is 1.01. The van der Waals surface area contributed by atoms with E-state index in [-0.39, 0.29) is 29.4 Å². The van der Waals surface area contributed by atoms with E-state index in [2.05, 4.69) is 5.10 Å². The minimum absolute atomic E-state index is 0.0528. The third kappa shape index (κ3) is 3.45. The molecule has 0 atom stereocenters. The van der Waals surface area contributed by atoms with Crippen LogP contribution < -0.4 is 14.5 Å². The van der Waals surface area contributed by atoms with Crippen LogP contribution in [-0.4, -0.2) is 37.6 Å². The Bertz CT molecular complexity index is 937. The monoisotopic (exact) mass is 368 g/mol. The van der Waals surface area contributed by atoms with E-state index in [9.17, 15) is 14.7 Å². The van der Waals surface area contributed by atoms with Gasteiger partial charge in [-0.15, -0.1) is 5.10 Å². The molecule has 0 aromatic heterocycles. The van der Waals surface area contributed by atoms with Gasteiger partial charge in [-0.25, -0.2) is 0 Å². The van der Waals surface area contributed by atoms with E-state index in [1.807, 2.05) is 0 Å². The van der Waals surface area contributed by atoms with Gasteiger partial charge in [-0.05, 0) is 24.3 Å². The molecule has 3 rings (SSSR count). The van der Waals surface area contributed by atoms with Gasteiger partial charge in [0.05, 0.1) is 19.9 Å². The zero-order chi connectivity index (χ0) is 19.4. The minimum atomic E-state index is -0.479. The lowest BCUT2D eigenvalue weighted by Gasteiger charge is -2.11. The quantitative estimate of drug-likeness (QED) is 0.643. The molecule has 1 heterocycles.